The number of hydrogen-bond acceptors (Lipinski definition) is 0. The van der Waals surface area contributed by atoms with Gasteiger partial charge in [-0.1, -0.05) is 70.0 Å². The van der Waals surface area contributed by atoms with Gasteiger partial charge in [0.25, 0.3) is 0 Å². The minimum absolute atomic E-state index is 0.284. The summed E-state index contributed by atoms with van der Waals surface area (Å²) in [6.45, 7) is 4.37. The average molecular weight is 212 g/mol. The monoisotopic (exact) mass is 212 g/mol. The van der Waals surface area contributed by atoms with Gasteiger partial charge in [0, 0.05) is 0 Å². The molecule has 0 spiro atoms. The lowest BCUT2D eigenvalue weighted by Crippen LogP contribution is -2.28. The Labute approximate surface area is 93.8 Å². The molecular weight excluding hydrogens is 196 g/mol. The molecule has 0 unspecified atom stereocenters. The fraction of sp³-hybridized carbons (Fsp3) is 0.143. The highest BCUT2D eigenvalue weighted by molar-refractivity contribution is 6.67. The first-order chi connectivity index (χ1) is 7.25. The van der Waals surface area contributed by atoms with Crippen LogP contribution in [0.1, 0.15) is 11.1 Å². The van der Waals surface area contributed by atoms with Crippen LogP contribution in [0.15, 0.2) is 48.5 Å². The zero-order valence-corrected chi connectivity index (χ0v) is 10.7. The van der Waals surface area contributed by atoms with Gasteiger partial charge in [0.1, 0.15) is 0 Å². The van der Waals surface area contributed by atoms with Crippen LogP contribution in [0.3, 0.4) is 0 Å². The van der Waals surface area contributed by atoms with E-state index in [0.29, 0.717) is 0 Å². The molecule has 15 heavy (non-hydrogen) atoms. The Morgan fingerprint density at radius 2 is 1.67 bits per heavy atom. The summed E-state index contributed by atoms with van der Waals surface area (Å²) in [7, 11) is -0.284. The number of hydrogen-bond donors (Lipinski definition) is 0. The molecule has 0 N–H and O–H groups in total. The molecule has 0 fully saturated rings. The van der Waals surface area contributed by atoms with Crippen molar-refractivity contribution >= 4 is 19.9 Å². The van der Waals surface area contributed by atoms with Crippen molar-refractivity contribution < 1.29 is 0 Å². The number of benzene rings is 2. The lowest BCUT2D eigenvalue weighted by atomic mass is 10.2. The quantitative estimate of drug-likeness (QED) is 0.661. The van der Waals surface area contributed by atoms with Crippen molar-refractivity contribution in [2.75, 3.05) is 0 Å². The molecule has 0 aromatic heterocycles. The van der Waals surface area contributed by atoms with E-state index in [9.17, 15) is 0 Å². The summed E-state index contributed by atoms with van der Waals surface area (Å²) in [5.74, 6) is 0. The van der Waals surface area contributed by atoms with Crippen molar-refractivity contribution in [1.82, 2.24) is 0 Å². The van der Waals surface area contributed by atoms with E-state index in [1.54, 1.807) is 5.19 Å². The van der Waals surface area contributed by atoms with Crippen LogP contribution in [0.2, 0.25) is 0 Å². The van der Waals surface area contributed by atoms with Gasteiger partial charge in [0.2, 0.25) is 0 Å². The second kappa shape index (κ2) is 4.45. The van der Waals surface area contributed by atoms with E-state index in [2.05, 4.69) is 62.4 Å². The van der Waals surface area contributed by atoms with Crippen LogP contribution < -0.4 is 10.4 Å². The lowest BCUT2D eigenvalue weighted by Gasteiger charge is -2.05. The maximum absolute atomic E-state index is 2.32. The van der Waals surface area contributed by atoms with Crippen LogP contribution in [-0.4, -0.2) is 9.52 Å². The topological polar surface area (TPSA) is 0 Å². The van der Waals surface area contributed by atoms with Gasteiger partial charge >= 0.3 is 0 Å². The first-order valence-corrected chi connectivity index (χ1v) is 6.77. The Balaban J connectivity index is 2.26. The molecule has 2 aromatic carbocycles. The van der Waals surface area contributed by atoms with Gasteiger partial charge in [-0.15, -0.1) is 0 Å². The minimum atomic E-state index is -0.284. The highest BCUT2D eigenvalue weighted by atomic mass is 28.2. The third kappa shape index (κ3) is 2.57. The molecule has 1 heteroatoms. The molecule has 0 heterocycles. The predicted molar refractivity (Wildman–Crippen MR) is 70.2 cm³/mol. The first-order valence-electron chi connectivity index (χ1n) is 5.36. The van der Waals surface area contributed by atoms with Crippen molar-refractivity contribution in [2.45, 2.75) is 13.8 Å². The fourth-order valence-corrected chi connectivity index (χ4v) is 3.62. The SMILES string of the molecule is Cc1cccc([SiH2]c2ccccc2C)c1. The molecule has 0 saturated heterocycles. The van der Waals surface area contributed by atoms with Crippen molar-refractivity contribution in [1.29, 1.82) is 0 Å². The molecule has 0 nitrogen and oxygen atoms in total. The van der Waals surface area contributed by atoms with Gasteiger partial charge in [-0.25, -0.2) is 0 Å². The van der Waals surface area contributed by atoms with Crippen molar-refractivity contribution in [2.24, 2.45) is 0 Å². The second-order valence-electron chi connectivity index (χ2n) is 4.09. The Hall–Kier alpha value is -1.34. The third-order valence-corrected chi connectivity index (χ3v) is 4.76. The van der Waals surface area contributed by atoms with Crippen LogP contribution in [0.25, 0.3) is 0 Å². The summed E-state index contributed by atoms with van der Waals surface area (Å²) < 4.78 is 0. The molecule has 0 bridgehead atoms. The van der Waals surface area contributed by atoms with E-state index < -0.39 is 0 Å². The lowest BCUT2D eigenvalue weighted by molar-refractivity contribution is 1.49. The van der Waals surface area contributed by atoms with E-state index in [0.717, 1.165) is 0 Å². The van der Waals surface area contributed by atoms with E-state index in [1.165, 1.54) is 16.3 Å². The van der Waals surface area contributed by atoms with Gasteiger partial charge in [0.15, 0.2) is 0 Å². The van der Waals surface area contributed by atoms with Crippen molar-refractivity contribution in [3.63, 3.8) is 0 Å². The molecular formula is C14H16Si. The standard InChI is InChI=1S/C14H16Si/c1-11-6-5-8-13(10-11)15-14-9-4-3-7-12(14)2/h3-10H,15H2,1-2H3. The van der Waals surface area contributed by atoms with Crippen molar-refractivity contribution in [3.05, 3.63) is 59.7 Å². The summed E-state index contributed by atoms with van der Waals surface area (Å²) in [4.78, 5) is 0. The highest BCUT2D eigenvalue weighted by Crippen LogP contribution is 1.95. The van der Waals surface area contributed by atoms with Crippen LogP contribution in [0, 0.1) is 13.8 Å². The van der Waals surface area contributed by atoms with Crippen LogP contribution in [0.5, 0.6) is 0 Å². The average Bonchev–Trinajstić information content (AvgIpc) is 2.22. The maximum atomic E-state index is 2.32. The smallest absolute Gasteiger partial charge is 0.0633 e. The predicted octanol–water partition coefficient (Wildman–Crippen LogP) is 1.42. The van der Waals surface area contributed by atoms with Crippen LogP contribution in [0.4, 0.5) is 0 Å². The van der Waals surface area contributed by atoms with E-state index in [-0.39, 0.29) is 9.52 Å². The molecule has 0 saturated carbocycles. The summed E-state index contributed by atoms with van der Waals surface area (Å²) in [5, 5.41) is 3.09. The molecule has 76 valence electrons. The Kier molecular flexibility index (Phi) is 3.02. The van der Waals surface area contributed by atoms with Crippen LogP contribution >= 0.6 is 0 Å². The summed E-state index contributed by atoms with van der Waals surface area (Å²) in [6.07, 6.45) is 0. The first kappa shape index (κ1) is 10.2. The van der Waals surface area contributed by atoms with E-state index in [4.69, 9.17) is 0 Å². The number of aryl methyl sites for hydroxylation is 2. The molecule has 0 aliphatic heterocycles. The molecule has 2 rings (SSSR count). The van der Waals surface area contributed by atoms with Gasteiger partial charge in [-0.3, -0.25) is 0 Å². The van der Waals surface area contributed by atoms with Gasteiger partial charge in [-0.05, 0) is 13.8 Å². The highest BCUT2D eigenvalue weighted by Gasteiger charge is 1.99. The molecule has 0 radical (unpaired) electrons. The molecule has 2 aromatic rings. The minimum Gasteiger partial charge on any atom is -0.0633 e. The molecule has 0 atom stereocenters. The number of rotatable bonds is 2. The normalized spacial score (nSPS) is 11.1. The Morgan fingerprint density at radius 3 is 2.40 bits per heavy atom. The zero-order valence-electron chi connectivity index (χ0n) is 9.33. The van der Waals surface area contributed by atoms with E-state index in [1.807, 2.05) is 0 Å². The van der Waals surface area contributed by atoms with Crippen LogP contribution in [-0.2, 0) is 0 Å². The Morgan fingerprint density at radius 1 is 0.867 bits per heavy atom. The maximum Gasteiger partial charge on any atom is 0.0878 e. The van der Waals surface area contributed by atoms with E-state index >= 15 is 0 Å². The summed E-state index contributed by atoms with van der Waals surface area (Å²) >= 11 is 0. The molecule has 0 aliphatic rings. The van der Waals surface area contributed by atoms with Gasteiger partial charge < -0.3 is 0 Å². The molecule has 0 amide bonds. The summed E-state index contributed by atoms with van der Waals surface area (Å²) in [5.41, 5.74) is 2.80. The van der Waals surface area contributed by atoms with Gasteiger partial charge in [-0.2, -0.15) is 0 Å². The fourth-order valence-electron chi connectivity index (χ4n) is 1.85. The molecule has 0 aliphatic carbocycles. The second-order valence-corrected chi connectivity index (χ2v) is 6.02. The summed E-state index contributed by atoms with van der Waals surface area (Å²) in [6, 6.07) is 17.6. The largest absolute Gasteiger partial charge is 0.0878 e. The van der Waals surface area contributed by atoms with Crippen molar-refractivity contribution in [3.8, 4) is 0 Å². The Bertz CT molecular complexity index is 460. The zero-order chi connectivity index (χ0) is 10.7. The van der Waals surface area contributed by atoms with Gasteiger partial charge in [0.05, 0.1) is 9.52 Å². The third-order valence-electron chi connectivity index (χ3n) is 2.74.